The van der Waals surface area contributed by atoms with Gasteiger partial charge in [0.25, 0.3) is 5.91 Å². The Balaban J connectivity index is 1.69. The number of aryl methyl sites for hydroxylation is 2. The summed E-state index contributed by atoms with van der Waals surface area (Å²) in [4.78, 5) is 12.5. The second-order valence-corrected chi connectivity index (χ2v) is 10.5. The molecule has 1 fully saturated rings. The van der Waals surface area contributed by atoms with Crippen LogP contribution in [0.5, 0.6) is 0 Å². The van der Waals surface area contributed by atoms with Crippen molar-refractivity contribution in [1.82, 2.24) is 5.43 Å². The maximum absolute atomic E-state index is 12.5. The SMILES string of the molecule is Cc1ccc(N(Cc2ccc(C(=O)NN=C3CCCCCCC3)cc2)S(C)(=O)=O)cc1C. The first kappa shape index (κ1) is 24.0. The van der Waals surface area contributed by atoms with Crippen LogP contribution in [0.2, 0.25) is 0 Å². The van der Waals surface area contributed by atoms with Crippen LogP contribution in [0.3, 0.4) is 0 Å². The zero-order chi connectivity index (χ0) is 23.1. The number of benzene rings is 2. The zero-order valence-corrected chi connectivity index (χ0v) is 20.0. The molecule has 1 N–H and O–H groups in total. The summed E-state index contributed by atoms with van der Waals surface area (Å²) in [6.07, 6.45) is 9.08. The van der Waals surface area contributed by atoms with E-state index >= 15 is 0 Å². The summed E-state index contributed by atoms with van der Waals surface area (Å²) >= 11 is 0. The van der Waals surface area contributed by atoms with E-state index in [0.717, 1.165) is 48.1 Å². The van der Waals surface area contributed by atoms with Gasteiger partial charge in [0.05, 0.1) is 18.5 Å². The lowest BCUT2D eigenvalue weighted by atomic mass is 9.99. The van der Waals surface area contributed by atoms with Crippen LogP contribution in [0.15, 0.2) is 47.6 Å². The topological polar surface area (TPSA) is 78.8 Å². The maximum atomic E-state index is 12.5. The van der Waals surface area contributed by atoms with E-state index in [-0.39, 0.29) is 12.5 Å². The molecule has 1 amide bonds. The minimum Gasteiger partial charge on any atom is -0.267 e. The standard InChI is InChI=1S/C25H33N3O3S/c1-19-11-16-24(17-20(19)2)28(32(3,30)31)18-21-12-14-22(15-13-21)25(29)27-26-23-9-7-5-4-6-8-10-23/h11-17H,4-10,18H2,1-3H3,(H,27,29). The van der Waals surface area contributed by atoms with Gasteiger partial charge in [-0.1, -0.05) is 37.5 Å². The lowest BCUT2D eigenvalue weighted by molar-refractivity contribution is 0.0954. The van der Waals surface area contributed by atoms with Gasteiger partial charge in [-0.05, 0) is 80.5 Å². The molecule has 0 saturated heterocycles. The first-order valence-corrected chi connectivity index (χ1v) is 13.1. The highest BCUT2D eigenvalue weighted by molar-refractivity contribution is 7.92. The van der Waals surface area contributed by atoms with E-state index in [9.17, 15) is 13.2 Å². The van der Waals surface area contributed by atoms with Gasteiger partial charge in [-0.25, -0.2) is 13.8 Å². The number of carbonyl (C=O) groups excluding carboxylic acids is 1. The number of nitrogens with one attached hydrogen (secondary N) is 1. The number of amides is 1. The molecule has 6 nitrogen and oxygen atoms in total. The molecule has 7 heteroatoms. The molecule has 0 unspecified atom stereocenters. The van der Waals surface area contributed by atoms with Crippen molar-refractivity contribution in [1.29, 1.82) is 0 Å². The molecule has 1 aliphatic carbocycles. The number of hydrogen-bond donors (Lipinski definition) is 1. The second-order valence-electron chi connectivity index (χ2n) is 8.62. The summed E-state index contributed by atoms with van der Waals surface area (Å²) < 4.78 is 26.3. The molecule has 0 atom stereocenters. The van der Waals surface area contributed by atoms with Crippen LogP contribution in [-0.2, 0) is 16.6 Å². The lowest BCUT2D eigenvalue weighted by Crippen LogP contribution is -2.29. The molecule has 2 aromatic rings. The van der Waals surface area contributed by atoms with Gasteiger partial charge < -0.3 is 0 Å². The highest BCUT2D eigenvalue weighted by Gasteiger charge is 2.18. The van der Waals surface area contributed by atoms with E-state index in [2.05, 4.69) is 10.5 Å². The third kappa shape index (κ3) is 6.66. The fraction of sp³-hybridized carbons (Fsp3) is 0.440. The van der Waals surface area contributed by atoms with Gasteiger partial charge >= 0.3 is 0 Å². The van der Waals surface area contributed by atoms with Gasteiger partial charge in [-0.2, -0.15) is 5.10 Å². The summed E-state index contributed by atoms with van der Waals surface area (Å²) in [5, 5.41) is 4.35. The number of anilines is 1. The number of rotatable bonds is 6. The van der Waals surface area contributed by atoms with Crippen molar-refractivity contribution >= 4 is 27.3 Å². The lowest BCUT2D eigenvalue weighted by Gasteiger charge is -2.23. The Hall–Kier alpha value is -2.67. The van der Waals surface area contributed by atoms with Crippen LogP contribution in [0.4, 0.5) is 5.69 Å². The van der Waals surface area contributed by atoms with Gasteiger partial charge in [0.1, 0.15) is 0 Å². The highest BCUT2D eigenvalue weighted by Crippen LogP contribution is 2.23. The summed E-state index contributed by atoms with van der Waals surface area (Å²) in [5.41, 5.74) is 7.83. The third-order valence-electron chi connectivity index (χ3n) is 5.97. The van der Waals surface area contributed by atoms with Crippen LogP contribution in [0.25, 0.3) is 0 Å². The van der Waals surface area contributed by atoms with Crippen molar-refractivity contribution in [2.45, 2.75) is 65.3 Å². The third-order valence-corrected chi connectivity index (χ3v) is 7.11. The zero-order valence-electron chi connectivity index (χ0n) is 19.2. The van der Waals surface area contributed by atoms with Crippen molar-refractivity contribution in [2.75, 3.05) is 10.6 Å². The average molecular weight is 456 g/mol. The van der Waals surface area contributed by atoms with Crippen molar-refractivity contribution in [3.05, 3.63) is 64.7 Å². The minimum absolute atomic E-state index is 0.200. The smallest absolute Gasteiger partial charge is 0.267 e. The average Bonchev–Trinajstić information content (AvgIpc) is 2.73. The Kier molecular flexibility index (Phi) is 8.07. The predicted octanol–water partition coefficient (Wildman–Crippen LogP) is 5.10. The van der Waals surface area contributed by atoms with E-state index < -0.39 is 10.0 Å². The molecule has 1 aliphatic rings. The quantitative estimate of drug-likeness (QED) is 0.616. The molecule has 32 heavy (non-hydrogen) atoms. The van der Waals surface area contributed by atoms with Crippen molar-refractivity contribution in [2.24, 2.45) is 5.10 Å². The number of hydrazone groups is 1. The van der Waals surface area contributed by atoms with E-state index in [1.807, 2.05) is 32.0 Å². The molecule has 0 heterocycles. The van der Waals surface area contributed by atoms with E-state index in [4.69, 9.17) is 0 Å². The fourth-order valence-electron chi connectivity index (χ4n) is 3.83. The Bertz CT molecular complexity index is 1070. The van der Waals surface area contributed by atoms with E-state index in [1.165, 1.54) is 29.8 Å². The molecule has 172 valence electrons. The van der Waals surface area contributed by atoms with Gasteiger partial charge in [-0.3, -0.25) is 9.10 Å². The second kappa shape index (κ2) is 10.8. The van der Waals surface area contributed by atoms with Crippen molar-refractivity contribution < 1.29 is 13.2 Å². The molecule has 1 saturated carbocycles. The molecule has 0 radical (unpaired) electrons. The Morgan fingerprint density at radius 2 is 1.56 bits per heavy atom. The number of sulfonamides is 1. The summed E-state index contributed by atoms with van der Waals surface area (Å²) in [6, 6.07) is 12.6. The highest BCUT2D eigenvalue weighted by atomic mass is 32.2. The molecule has 3 rings (SSSR count). The predicted molar refractivity (Wildman–Crippen MR) is 131 cm³/mol. The van der Waals surface area contributed by atoms with Gasteiger partial charge in [0.2, 0.25) is 10.0 Å². The summed E-state index contributed by atoms with van der Waals surface area (Å²) in [7, 11) is -3.46. The Morgan fingerprint density at radius 3 is 2.16 bits per heavy atom. The Morgan fingerprint density at radius 1 is 0.938 bits per heavy atom. The molecule has 2 aromatic carbocycles. The molecule has 0 aromatic heterocycles. The Labute approximate surface area is 191 Å². The van der Waals surface area contributed by atoms with Crippen LogP contribution in [0.1, 0.15) is 72.0 Å². The normalized spacial score (nSPS) is 14.9. The summed E-state index contributed by atoms with van der Waals surface area (Å²) in [6.45, 7) is 4.16. The molecular formula is C25H33N3O3S. The fourth-order valence-corrected chi connectivity index (χ4v) is 4.71. The largest absolute Gasteiger partial charge is 0.271 e. The van der Waals surface area contributed by atoms with Crippen molar-refractivity contribution in [3.63, 3.8) is 0 Å². The first-order valence-electron chi connectivity index (χ1n) is 11.2. The van der Waals surface area contributed by atoms with E-state index in [1.54, 1.807) is 24.3 Å². The number of carbonyl (C=O) groups is 1. The van der Waals surface area contributed by atoms with Crippen molar-refractivity contribution in [3.8, 4) is 0 Å². The van der Waals surface area contributed by atoms with Crippen LogP contribution in [0, 0.1) is 13.8 Å². The van der Waals surface area contributed by atoms with Gasteiger partial charge in [0, 0.05) is 11.3 Å². The summed E-state index contributed by atoms with van der Waals surface area (Å²) in [5.74, 6) is -0.250. The van der Waals surface area contributed by atoms with Gasteiger partial charge in [0.15, 0.2) is 0 Å². The number of hydrogen-bond acceptors (Lipinski definition) is 4. The maximum Gasteiger partial charge on any atom is 0.271 e. The number of nitrogens with zero attached hydrogens (tertiary/aromatic N) is 2. The van der Waals surface area contributed by atoms with Crippen LogP contribution in [-0.4, -0.2) is 26.3 Å². The first-order chi connectivity index (χ1) is 15.2. The minimum atomic E-state index is -3.46. The monoisotopic (exact) mass is 455 g/mol. The van der Waals surface area contributed by atoms with E-state index in [0.29, 0.717) is 11.3 Å². The molecular weight excluding hydrogens is 422 g/mol. The van der Waals surface area contributed by atoms with Gasteiger partial charge in [-0.15, -0.1) is 0 Å². The molecule has 0 aliphatic heterocycles. The van der Waals surface area contributed by atoms with Crippen LogP contribution < -0.4 is 9.73 Å². The molecule has 0 bridgehead atoms. The molecule has 0 spiro atoms. The van der Waals surface area contributed by atoms with Crippen LogP contribution >= 0.6 is 0 Å².